The van der Waals surface area contributed by atoms with Crippen molar-refractivity contribution in [2.45, 2.75) is 18.2 Å². The van der Waals surface area contributed by atoms with Crippen molar-refractivity contribution >= 4 is 22.3 Å². The number of carbonyl (C=O) groups excluding carboxylic acids is 2. The lowest BCUT2D eigenvalue weighted by atomic mass is 10.4. The molecule has 7 heteroatoms. The molecule has 1 rings (SSSR count). The summed E-state index contributed by atoms with van der Waals surface area (Å²) in [5.41, 5.74) is 0. The van der Waals surface area contributed by atoms with Gasteiger partial charge in [0.25, 0.3) is 0 Å². The Morgan fingerprint density at radius 3 is 2.55 bits per heavy atom. The second-order valence-corrected chi connectivity index (χ2v) is 6.22. The van der Waals surface area contributed by atoms with Crippen molar-refractivity contribution in [3.8, 4) is 0 Å². The topological polar surface area (TPSA) is 80.8 Å². The van der Waals surface area contributed by atoms with E-state index in [0.29, 0.717) is 6.29 Å². The molecule has 120 valence electrons. The maximum absolute atomic E-state index is 12.5. The predicted octanol–water partition coefficient (Wildman–Crippen LogP) is 1.39. The van der Waals surface area contributed by atoms with E-state index in [-0.39, 0.29) is 31.0 Å². The Kier molecular flexibility index (Phi) is 7.48. The zero-order valence-corrected chi connectivity index (χ0v) is 13.2. The van der Waals surface area contributed by atoms with Crippen molar-refractivity contribution in [2.24, 2.45) is 0 Å². The summed E-state index contributed by atoms with van der Waals surface area (Å²) in [7, 11) is -3.71. The van der Waals surface area contributed by atoms with Gasteiger partial charge in [0.1, 0.15) is 6.29 Å². The lowest BCUT2D eigenvalue weighted by Gasteiger charge is -2.19. The third kappa shape index (κ3) is 5.42. The first kappa shape index (κ1) is 18.1. The van der Waals surface area contributed by atoms with Gasteiger partial charge < -0.3 is 9.53 Å². The molecule has 22 heavy (non-hydrogen) atoms. The second-order valence-electron chi connectivity index (χ2n) is 4.29. The number of hydrogen-bond donors (Lipinski definition) is 0. The zero-order chi connectivity index (χ0) is 16.4. The molecule has 0 aromatic heterocycles. The van der Waals surface area contributed by atoms with Gasteiger partial charge in [-0.1, -0.05) is 24.3 Å². The number of carbonyl (C=O) groups is 2. The smallest absolute Gasteiger partial charge is 0.330 e. The van der Waals surface area contributed by atoms with Gasteiger partial charge in [0.15, 0.2) is 0 Å². The fraction of sp³-hybridized carbons (Fsp3) is 0.333. The lowest BCUT2D eigenvalue weighted by molar-refractivity contribution is -0.137. The van der Waals surface area contributed by atoms with Crippen LogP contribution in [-0.2, 0) is 24.3 Å². The molecule has 0 heterocycles. The molecule has 1 aromatic rings. The van der Waals surface area contributed by atoms with Crippen molar-refractivity contribution in [2.75, 3.05) is 19.7 Å². The largest absolute Gasteiger partial charge is 0.463 e. The van der Waals surface area contributed by atoms with Crippen LogP contribution in [0.1, 0.15) is 13.3 Å². The summed E-state index contributed by atoms with van der Waals surface area (Å²) in [5.74, 6) is -0.532. The van der Waals surface area contributed by atoms with Crippen molar-refractivity contribution < 1.29 is 22.7 Å². The molecule has 1 aromatic carbocycles. The van der Waals surface area contributed by atoms with Crippen LogP contribution in [0.5, 0.6) is 0 Å². The van der Waals surface area contributed by atoms with Crippen LogP contribution < -0.4 is 0 Å². The summed E-state index contributed by atoms with van der Waals surface area (Å²) in [5, 5.41) is 0. The van der Waals surface area contributed by atoms with Crippen LogP contribution in [0.2, 0.25) is 0 Å². The lowest BCUT2D eigenvalue weighted by Crippen LogP contribution is -2.32. The molecule has 0 aliphatic carbocycles. The Morgan fingerprint density at radius 2 is 1.95 bits per heavy atom. The summed E-state index contributed by atoms with van der Waals surface area (Å²) in [6.45, 7) is 1.97. The van der Waals surface area contributed by atoms with E-state index in [1.165, 1.54) is 24.3 Å². The van der Waals surface area contributed by atoms with Crippen molar-refractivity contribution in [3.05, 3.63) is 42.5 Å². The van der Waals surface area contributed by atoms with Gasteiger partial charge >= 0.3 is 5.97 Å². The van der Waals surface area contributed by atoms with Gasteiger partial charge in [-0.15, -0.1) is 0 Å². The molecular weight excluding hydrogens is 306 g/mol. The number of sulfonamides is 1. The Bertz CT molecular complexity index is 610. The molecule has 0 amide bonds. The van der Waals surface area contributed by atoms with Crippen molar-refractivity contribution in [3.63, 3.8) is 0 Å². The molecule has 0 N–H and O–H groups in total. The standard InChI is InChI=1S/C15H19NO5S/c1-2-21-15(18)10-6-11-16(12-7-13-17)22(19,20)14-8-4-3-5-9-14/h3-6,8-10,13H,2,7,11-12H2,1H3/b10-6-. The van der Waals surface area contributed by atoms with E-state index in [1.807, 2.05) is 0 Å². The minimum Gasteiger partial charge on any atom is -0.463 e. The minimum atomic E-state index is -3.71. The molecule has 0 bridgehead atoms. The minimum absolute atomic E-state index is 0.0100. The van der Waals surface area contributed by atoms with Crippen LogP contribution in [0.25, 0.3) is 0 Å². The molecule has 0 spiro atoms. The van der Waals surface area contributed by atoms with Crippen LogP contribution in [0.4, 0.5) is 0 Å². The molecule has 0 aliphatic rings. The van der Waals surface area contributed by atoms with Crippen LogP contribution >= 0.6 is 0 Å². The van der Waals surface area contributed by atoms with Crippen molar-refractivity contribution in [1.82, 2.24) is 4.31 Å². The summed E-state index contributed by atoms with van der Waals surface area (Å²) in [6.07, 6.45) is 3.32. The maximum atomic E-state index is 12.5. The fourth-order valence-electron chi connectivity index (χ4n) is 1.70. The zero-order valence-electron chi connectivity index (χ0n) is 12.3. The molecule has 0 radical (unpaired) electrons. The number of aldehydes is 1. The first-order valence-electron chi connectivity index (χ1n) is 6.84. The van der Waals surface area contributed by atoms with E-state index >= 15 is 0 Å². The summed E-state index contributed by atoms with van der Waals surface area (Å²) in [4.78, 5) is 21.9. The van der Waals surface area contributed by atoms with Gasteiger partial charge in [0.05, 0.1) is 11.5 Å². The highest BCUT2D eigenvalue weighted by Crippen LogP contribution is 2.15. The molecule has 0 aliphatic heterocycles. The highest BCUT2D eigenvalue weighted by molar-refractivity contribution is 7.89. The highest BCUT2D eigenvalue weighted by atomic mass is 32.2. The molecule has 6 nitrogen and oxygen atoms in total. The SMILES string of the molecule is CCOC(=O)/C=C\CN(CCC=O)S(=O)(=O)c1ccccc1. The number of nitrogens with zero attached hydrogens (tertiary/aromatic N) is 1. The number of ether oxygens (including phenoxy) is 1. The van der Waals surface area contributed by atoms with E-state index in [4.69, 9.17) is 4.74 Å². The monoisotopic (exact) mass is 325 g/mol. The molecule has 0 saturated heterocycles. The first-order chi connectivity index (χ1) is 10.5. The van der Waals surface area contributed by atoms with Crippen LogP contribution in [0, 0.1) is 0 Å². The molecule has 0 fully saturated rings. The Hall–Kier alpha value is -1.99. The number of hydrogen-bond acceptors (Lipinski definition) is 5. The highest BCUT2D eigenvalue weighted by Gasteiger charge is 2.22. The number of esters is 1. The van der Waals surface area contributed by atoms with E-state index in [9.17, 15) is 18.0 Å². The average molecular weight is 325 g/mol. The third-order valence-corrected chi connectivity index (χ3v) is 4.61. The second kappa shape index (κ2) is 9.11. The number of rotatable bonds is 9. The Labute approximate surface area is 130 Å². The predicted molar refractivity (Wildman–Crippen MR) is 81.7 cm³/mol. The fourth-order valence-corrected chi connectivity index (χ4v) is 3.13. The van der Waals surface area contributed by atoms with Crippen molar-refractivity contribution in [1.29, 1.82) is 0 Å². The molecule has 0 saturated carbocycles. The van der Waals surface area contributed by atoms with E-state index in [1.54, 1.807) is 25.1 Å². The van der Waals surface area contributed by atoms with Gasteiger partial charge in [0, 0.05) is 25.6 Å². The van der Waals surface area contributed by atoms with E-state index in [2.05, 4.69) is 0 Å². The quantitative estimate of drug-likeness (QED) is 0.389. The van der Waals surface area contributed by atoms with Gasteiger partial charge in [-0.05, 0) is 19.1 Å². The third-order valence-electron chi connectivity index (χ3n) is 2.73. The average Bonchev–Trinajstić information content (AvgIpc) is 2.51. The van der Waals surface area contributed by atoms with Crippen LogP contribution in [0.3, 0.4) is 0 Å². The van der Waals surface area contributed by atoms with Gasteiger partial charge in [-0.2, -0.15) is 4.31 Å². The van der Waals surface area contributed by atoms with Crippen LogP contribution in [-0.4, -0.2) is 44.7 Å². The van der Waals surface area contributed by atoms with Crippen LogP contribution in [0.15, 0.2) is 47.4 Å². The maximum Gasteiger partial charge on any atom is 0.330 e. The van der Waals surface area contributed by atoms with Gasteiger partial charge in [-0.25, -0.2) is 13.2 Å². The summed E-state index contributed by atoms with van der Waals surface area (Å²) in [6, 6.07) is 7.94. The normalized spacial score (nSPS) is 11.7. The Balaban J connectivity index is 2.88. The summed E-state index contributed by atoms with van der Waals surface area (Å²) < 4.78 is 30.9. The van der Waals surface area contributed by atoms with E-state index < -0.39 is 16.0 Å². The first-order valence-corrected chi connectivity index (χ1v) is 8.28. The van der Waals surface area contributed by atoms with E-state index in [0.717, 1.165) is 4.31 Å². The molecule has 0 unspecified atom stereocenters. The van der Waals surface area contributed by atoms with Gasteiger partial charge in [-0.3, -0.25) is 0 Å². The number of benzene rings is 1. The van der Waals surface area contributed by atoms with Gasteiger partial charge in [0.2, 0.25) is 10.0 Å². The Morgan fingerprint density at radius 1 is 1.27 bits per heavy atom. The molecular formula is C15H19NO5S. The molecule has 0 atom stereocenters. The summed E-state index contributed by atoms with van der Waals surface area (Å²) >= 11 is 0.